The van der Waals surface area contributed by atoms with Gasteiger partial charge in [0.05, 0.1) is 23.7 Å². The highest BCUT2D eigenvalue weighted by molar-refractivity contribution is 6.08. The molecule has 2 heterocycles. The van der Waals surface area contributed by atoms with Gasteiger partial charge in [0.2, 0.25) is 5.91 Å². The molecule has 3 aromatic rings. The normalized spacial score (nSPS) is 15.9. The highest BCUT2D eigenvalue weighted by atomic mass is 16.5. The second kappa shape index (κ2) is 10.3. The smallest absolute Gasteiger partial charge is 0.328 e. The minimum Gasteiger partial charge on any atom is -0.467 e. The number of hydrogen-bond acceptors (Lipinski definition) is 5. The average molecular weight is 477 g/mol. The zero-order valence-electron chi connectivity index (χ0n) is 20.7. The molecule has 2 amide bonds. The maximum absolute atomic E-state index is 14.0. The molecule has 1 saturated heterocycles. The minimum atomic E-state index is -0.628. The first-order chi connectivity index (χ1) is 16.8. The lowest BCUT2D eigenvalue weighted by atomic mass is 10.00. The molecule has 0 spiro atoms. The van der Waals surface area contributed by atoms with Crippen molar-refractivity contribution >= 4 is 34.5 Å². The van der Waals surface area contributed by atoms with Crippen LogP contribution in [0.2, 0.25) is 0 Å². The van der Waals surface area contributed by atoms with Crippen LogP contribution in [0.4, 0.5) is 5.69 Å². The van der Waals surface area contributed by atoms with E-state index >= 15 is 0 Å². The summed E-state index contributed by atoms with van der Waals surface area (Å²) >= 11 is 0. The van der Waals surface area contributed by atoms with Gasteiger partial charge in [-0.2, -0.15) is 0 Å². The molecular weight excluding hydrogens is 444 g/mol. The van der Waals surface area contributed by atoms with E-state index in [-0.39, 0.29) is 17.7 Å². The van der Waals surface area contributed by atoms with Crippen molar-refractivity contribution < 1.29 is 19.1 Å². The fourth-order valence-electron chi connectivity index (χ4n) is 4.58. The monoisotopic (exact) mass is 476 g/mol. The highest BCUT2D eigenvalue weighted by Gasteiger charge is 2.35. The zero-order valence-corrected chi connectivity index (χ0v) is 20.7. The van der Waals surface area contributed by atoms with E-state index in [2.05, 4.69) is 5.32 Å². The van der Waals surface area contributed by atoms with E-state index in [1.54, 1.807) is 17.0 Å². The van der Waals surface area contributed by atoms with E-state index in [1.807, 2.05) is 55.7 Å². The number of nitrogens with zero attached hydrogens (tertiary/aromatic N) is 3. The van der Waals surface area contributed by atoms with Crippen LogP contribution in [0.3, 0.4) is 0 Å². The number of carbonyl (C=O) groups excluding carboxylic acids is 3. The maximum Gasteiger partial charge on any atom is 0.328 e. The number of aryl methyl sites for hydroxylation is 1. The van der Waals surface area contributed by atoms with E-state index < -0.39 is 12.0 Å². The number of likely N-dealkylation sites (tertiary alicyclic amines) is 1. The number of aromatic nitrogens is 2. The summed E-state index contributed by atoms with van der Waals surface area (Å²) in [5, 5.41) is 2.90. The van der Waals surface area contributed by atoms with Crippen molar-refractivity contribution in [3.63, 3.8) is 0 Å². The van der Waals surface area contributed by atoms with Gasteiger partial charge in [0.1, 0.15) is 11.9 Å². The standard InChI is InChI=1S/C27H32N4O4/c1-17(2)25(32)29-20-14-21(26(33)30-13-9-8-12-23(30)27(34)35-4)24-22(15-20)28-18(3)31(24)16-19-10-6-5-7-11-19/h5-7,10-11,14-15,17,23H,8-9,12-13,16H2,1-4H3,(H,29,32)/t23-/m0/s1. The number of fused-ring (bicyclic) bond motifs is 1. The van der Waals surface area contributed by atoms with Crippen LogP contribution in [0.15, 0.2) is 42.5 Å². The lowest BCUT2D eigenvalue weighted by Crippen LogP contribution is -2.48. The number of methoxy groups -OCH3 is 1. The molecule has 0 unspecified atom stereocenters. The summed E-state index contributed by atoms with van der Waals surface area (Å²) in [7, 11) is 1.35. The quantitative estimate of drug-likeness (QED) is 0.540. The number of rotatable bonds is 6. The molecule has 2 aromatic carbocycles. The first kappa shape index (κ1) is 24.4. The van der Waals surface area contributed by atoms with Gasteiger partial charge in [0.25, 0.3) is 5.91 Å². The van der Waals surface area contributed by atoms with Crippen molar-refractivity contribution in [2.24, 2.45) is 5.92 Å². The van der Waals surface area contributed by atoms with E-state index in [0.29, 0.717) is 41.8 Å². The minimum absolute atomic E-state index is 0.145. The number of anilines is 1. The number of hydrogen-bond donors (Lipinski definition) is 1. The van der Waals surface area contributed by atoms with E-state index in [4.69, 9.17) is 9.72 Å². The van der Waals surface area contributed by atoms with Crippen LogP contribution < -0.4 is 5.32 Å². The molecule has 1 aromatic heterocycles. The largest absolute Gasteiger partial charge is 0.467 e. The van der Waals surface area contributed by atoms with Gasteiger partial charge in [-0.25, -0.2) is 9.78 Å². The molecule has 1 N–H and O–H groups in total. The Morgan fingerprint density at radius 1 is 1.14 bits per heavy atom. The Hall–Kier alpha value is -3.68. The maximum atomic E-state index is 14.0. The molecule has 0 aliphatic carbocycles. The first-order valence-electron chi connectivity index (χ1n) is 12.0. The summed E-state index contributed by atoms with van der Waals surface area (Å²) in [5.74, 6) is -0.275. The molecular formula is C27H32N4O4. The van der Waals surface area contributed by atoms with Gasteiger partial charge in [-0.3, -0.25) is 9.59 Å². The molecule has 184 valence electrons. The van der Waals surface area contributed by atoms with Gasteiger partial charge >= 0.3 is 5.97 Å². The van der Waals surface area contributed by atoms with E-state index in [1.165, 1.54) is 7.11 Å². The van der Waals surface area contributed by atoms with Crippen molar-refractivity contribution in [2.75, 3.05) is 19.0 Å². The number of ether oxygens (including phenoxy) is 1. The second-order valence-electron chi connectivity index (χ2n) is 9.30. The molecule has 0 radical (unpaired) electrons. The third-order valence-electron chi connectivity index (χ3n) is 6.48. The number of carbonyl (C=O) groups is 3. The second-order valence-corrected chi connectivity index (χ2v) is 9.30. The lowest BCUT2D eigenvalue weighted by molar-refractivity contribution is -0.147. The zero-order chi connectivity index (χ0) is 25.1. The Balaban J connectivity index is 1.85. The van der Waals surface area contributed by atoms with Crippen LogP contribution in [0.25, 0.3) is 11.0 Å². The van der Waals surface area contributed by atoms with Gasteiger partial charge in [-0.05, 0) is 43.9 Å². The Morgan fingerprint density at radius 3 is 2.57 bits per heavy atom. The van der Waals surface area contributed by atoms with Crippen LogP contribution in [0.5, 0.6) is 0 Å². The number of piperidine rings is 1. The third kappa shape index (κ3) is 5.06. The van der Waals surface area contributed by atoms with Crippen LogP contribution in [-0.4, -0.2) is 51.9 Å². The number of imidazole rings is 1. The van der Waals surface area contributed by atoms with Crippen LogP contribution >= 0.6 is 0 Å². The Bertz CT molecular complexity index is 1250. The molecule has 1 aliphatic heterocycles. The van der Waals surface area contributed by atoms with Crippen molar-refractivity contribution in [3.8, 4) is 0 Å². The number of nitrogens with one attached hydrogen (secondary N) is 1. The number of amides is 2. The molecule has 1 aliphatic rings. The van der Waals surface area contributed by atoms with Gasteiger partial charge in [0.15, 0.2) is 0 Å². The molecule has 8 heteroatoms. The average Bonchev–Trinajstić information content (AvgIpc) is 3.17. The van der Waals surface area contributed by atoms with Gasteiger partial charge < -0.3 is 19.5 Å². The summed E-state index contributed by atoms with van der Waals surface area (Å²) in [5.41, 5.74) is 3.31. The highest BCUT2D eigenvalue weighted by Crippen LogP contribution is 2.30. The molecule has 0 saturated carbocycles. The summed E-state index contributed by atoms with van der Waals surface area (Å²) in [6, 6.07) is 12.9. The topological polar surface area (TPSA) is 93.5 Å². The SMILES string of the molecule is COC(=O)[C@@H]1CCCCN1C(=O)c1cc(NC(=O)C(C)C)cc2nc(C)n(Cc3ccccc3)c12. The summed E-state index contributed by atoms with van der Waals surface area (Å²) in [4.78, 5) is 45.2. The predicted molar refractivity (Wildman–Crippen MR) is 134 cm³/mol. The Labute approximate surface area is 205 Å². The molecule has 35 heavy (non-hydrogen) atoms. The fourth-order valence-corrected chi connectivity index (χ4v) is 4.58. The van der Waals surface area contributed by atoms with E-state index in [0.717, 1.165) is 24.2 Å². The Morgan fingerprint density at radius 2 is 1.89 bits per heavy atom. The van der Waals surface area contributed by atoms with Gasteiger partial charge in [0, 0.05) is 24.7 Å². The third-order valence-corrected chi connectivity index (χ3v) is 6.48. The van der Waals surface area contributed by atoms with Gasteiger partial charge in [-0.15, -0.1) is 0 Å². The molecule has 0 bridgehead atoms. The molecule has 1 fully saturated rings. The summed E-state index contributed by atoms with van der Waals surface area (Å²) in [6.45, 7) is 6.54. The first-order valence-corrected chi connectivity index (χ1v) is 12.0. The van der Waals surface area contributed by atoms with Crippen LogP contribution in [0, 0.1) is 12.8 Å². The van der Waals surface area contributed by atoms with Crippen LogP contribution in [-0.2, 0) is 20.9 Å². The van der Waals surface area contributed by atoms with Gasteiger partial charge in [-0.1, -0.05) is 44.2 Å². The Kier molecular flexibility index (Phi) is 7.19. The van der Waals surface area contributed by atoms with Crippen molar-refractivity contribution in [2.45, 2.75) is 52.6 Å². The van der Waals surface area contributed by atoms with Crippen molar-refractivity contribution in [1.29, 1.82) is 0 Å². The van der Waals surface area contributed by atoms with Crippen LogP contribution in [0.1, 0.15) is 54.9 Å². The number of benzene rings is 2. The molecule has 8 nitrogen and oxygen atoms in total. The van der Waals surface area contributed by atoms with E-state index in [9.17, 15) is 14.4 Å². The van der Waals surface area contributed by atoms with Crippen molar-refractivity contribution in [3.05, 3.63) is 59.4 Å². The molecule has 4 rings (SSSR count). The van der Waals surface area contributed by atoms with Crippen molar-refractivity contribution in [1.82, 2.24) is 14.5 Å². The lowest BCUT2D eigenvalue weighted by Gasteiger charge is -2.34. The predicted octanol–water partition coefficient (Wildman–Crippen LogP) is 4.16. The molecule has 1 atom stereocenters. The fraction of sp³-hybridized carbons (Fsp3) is 0.407. The summed E-state index contributed by atoms with van der Waals surface area (Å²) < 4.78 is 7.01. The summed E-state index contributed by atoms with van der Waals surface area (Å²) in [6.07, 6.45) is 2.23. The number of esters is 1.